The number of likely N-dealkylation sites (N-methyl/N-ethyl adjacent to an activating group) is 1. The van der Waals surface area contributed by atoms with Crippen molar-refractivity contribution in [2.75, 3.05) is 26.2 Å². The van der Waals surface area contributed by atoms with Gasteiger partial charge in [0.2, 0.25) is 10.0 Å². The Hall–Kier alpha value is -0.690. The van der Waals surface area contributed by atoms with Crippen molar-refractivity contribution in [1.29, 1.82) is 0 Å². The zero-order valence-electron chi connectivity index (χ0n) is 11.1. The van der Waals surface area contributed by atoms with Crippen LogP contribution in [0.1, 0.15) is 13.8 Å². The van der Waals surface area contributed by atoms with Gasteiger partial charge in [-0.15, -0.1) is 0 Å². The summed E-state index contributed by atoms with van der Waals surface area (Å²) >= 11 is 5.96. The summed E-state index contributed by atoms with van der Waals surface area (Å²) in [6, 6.07) is 1.71. The molecule has 0 N–H and O–H groups in total. The third-order valence-corrected chi connectivity index (χ3v) is 5.82. The van der Waals surface area contributed by atoms with Crippen LogP contribution in [0.3, 0.4) is 0 Å². The summed E-state index contributed by atoms with van der Waals surface area (Å²) in [5.41, 5.74) is 0. The lowest BCUT2D eigenvalue weighted by Gasteiger charge is -2.38. The second-order valence-electron chi connectivity index (χ2n) is 4.65. The van der Waals surface area contributed by atoms with Crippen molar-refractivity contribution >= 4 is 21.6 Å². The molecule has 7 heteroatoms. The average molecular weight is 304 g/mol. The monoisotopic (exact) mass is 303 g/mol. The zero-order valence-corrected chi connectivity index (χ0v) is 12.7. The zero-order chi connectivity index (χ0) is 14.0. The Morgan fingerprint density at radius 1 is 1.47 bits per heavy atom. The fraction of sp³-hybridized carbons (Fsp3) is 0.583. The molecule has 0 saturated carbocycles. The Bertz CT molecular complexity index is 550. The quantitative estimate of drug-likeness (QED) is 0.848. The third-order valence-electron chi connectivity index (χ3n) is 3.49. The molecule has 1 aromatic rings. The van der Waals surface area contributed by atoms with Gasteiger partial charge in [0.25, 0.3) is 0 Å². The minimum Gasteiger partial charge on any atom is -0.298 e. The minimum absolute atomic E-state index is 0.0915. The molecule has 0 spiro atoms. The first-order valence-electron chi connectivity index (χ1n) is 6.30. The van der Waals surface area contributed by atoms with Crippen LogP contribution in [-0.4, -0.2) is 54.8 Å². The third kappa shape index (κ3) is 2.91. The first-order valence-corrected chi connectivity index (χ1v) is 8.12. The number of hydrogen-bond acceptors (Lipinski definition) is 4. The number of aromatic nitrogens is 1. The molecule has 2 rings (SSSR count). The van der Waals surface area contributed by atoms with Crippen molar-refractivity contribution in [2.24, 2.45) is 0 Å². The van der Waals surface area contributed by atoms with Crippen LogP contribution in [0.25, 0.3) is 0 Å². The number of halogens is 1. The van der Waals surface area contributed by atoms with Gasteiger partial charge in [0, 0.05) is 38.1 Å². The molecule has 0 bridgehead atoms. The molecule has 2 heterocycles. The van der Waals surface area contributed by atoms with Crippen LogP contribution in [0.15, 0.2) is 23.4 Å². The second-order valence-corrected chi connectivity index (χ2v) is 6.96. The van der Waals surface area contributed by atoms with Gasteiger partial charge >= 0.3 is 0 Å². The number of nitrogens with zero attached hydrogens (tertiary/aromatic N) is 3. The standard InChI is InChI=1S/C12H18ClN3O2S/c1-3-15-6-7-16(9-10(15)2)19(17,18)12-8-14-5-4-11(12)13/h4-5,8,10H,3,6-7,9H2,1-2H3. The highest BCUT2D eigenvalue weighted by atomic mass is 35.5. The molecule has 106 valence electrons. The van der Waals surface area contributed by atoms with Crippen LogP contribution >= 0.6 is 11.6 Å². The molecule has 1 aromatic heterocycles. The Kier molecular flexibility index (Phi) is 4.45. The van der Waals surface area contributed by atoms with Crippen LogP contribution in [0.5, 0.6) is 0 Å². The molecule has 1 saturated heterocycles. The highest BCUT2D eigenvalue weighted by molar-refractivity contribution is 7.89. The first kappa shape index (κ1) is 14.7. The van der Waals surface area contributed by atoms with Gasteiger partial charge in [-0.1, -0.05) is 18.5 Å². The summed E-state index contributed by atoms with van der Waals surface area (Å²) in [7, 11) is -3.55. The second kappa shape index (κ2) is 5.75. The lowest BCUT2D eigenvalue weighted by atomic mass is 10.2. The van der Waals surface area contributed by atoms with E-state index >= 15 is 0 Å². The molecule has 1 aliphatic rings. The maximum absolute atomic E-state index is 12.5. The average Bonchev–Trinajstić information content (AvgIpc) is 2.39. The molecule has 0 aromatic carbocycles. The van der Waals surface area contributed by atoms with Gasteiger partial charge in [0.1, 0.15) is 4.90 Å². The normalized spacial score (nSPS) is 22.6. The molecule has 0 radical (unpaired) electrons. The lowest BCUT2D eigenvalue weighted by Crippen LogP contribution is -2.53. The lowest BCUT2D eigenvalue weighted by molar-refractivity contribution is 0.135. The summed E-state index contributed by atoms with van der Waals surface area (Å²) in [4.78, 5) is 6.21. The van der Waals surface area contributed by atoms with Gasteiger partial charge in [0.05, 0.1) is 5.02 Å². The molecule has 1 aliphatic heterocycles. The predicted molar refractivity (Wildman–Crippen MR) is 74.7 cm³/mol. The van der Waals surface area contributed by atoms with Crippen molar-refractivity contribution < 1.29 is 8.42 Å². The van der Waals surface area contributed by atoms with E-state index in [1.807, 2.05) is 6.92 Å². The van der Waals surface area contributed by atoms with Crippen LogP contribution < -0.4 is 0 Å². The number of rotatable bonds is 3. The maximum Gasteiger partial charge on any atom is 0.246 e. The van der Waals surface area contributed by atoms with Crippen molar-refractivity contribution in [3.63, 3.8) is 0 Å². The molecule has 5 nitrogen and oxygen atoms in total. The van der Waals surface area contributed by atoms with E-state index < -0.39 is 10.0 Å². The van der Waals surface area contributed by atoms with Crippen molar-refractivity contribution in [3.8, 4) is 0 Å². The summed E-state index contributed by atoms with van der Waals surface area (Å²) in [6.45, 7) is 6.78. The van der Waals surface area contributed by atoms with E-state index in [0.717, 1.165) is 13.1 Å². The van der Waals surface area contributed by atoms with Gasteiger partial charge in [-0.3, -0.25) is 9.88 Å². The number of piperazine rings is 1. The van der Waals surface area contributed by atoms with E-state index in [2.05, 4.69) is 16.8 Å². The summed E-state index contributed by atoms with van der Waals surface area (Å²) < 4.78 is 26.6. The molecule has 1 unspecified atom stereocenters. The Morgan fingerprint density at radius 2 is 2.21 bits per heavy atom. The number of pyridine rings is 1. The first-order chi connectivity index (χ1) is 8.96. The molecular weight excluding hydrogens is 286 g/mol. The molecular formula is C12H18ClN3O2S. The topological polar surface area (TPSA) is 53.5 Å². The van der Waals surface area contributed by atoms with Gasteiger partial charge in [-0.25, -0.2) is 8.42 Å². The molecule has 1 fully saturated rings. The largest absolute Gasteiger partial charge is 0.298 e. The SMILES string of the molecule is CCN1CCN(S(=O)(=O)c2cnccc2Cl)CC1C. The van der Waals surface area contributed by atoms with E-state index in [9.17, 15) is 8.42 Å². The number of sulfonamides is 1. The fourth-order valence-corrected chi connectivity index (χ4v) is 4.26. The van der Waals surface area contributed by atoms with E-state index in [-0.39, 0.29) is 16.0 Å². The smallest absolute Gasteiger partial charge is 0.246 e. The van der Waals surface area contributed by atoms with Crippen molar-refractivity contribution in [2.45, 2.75) is 24.8 Å². The van der Waals surface area contributed by atoms with E-state index in [4.69, 9.17) is 11.6 Å². The molecule has 19 heavy (non-hydrogen) atoms. The number of hydrogen-bond donors (Lipinski definition) is 0. The van der Waals surface area contributed by atoms with Gasteiger partial charge in [-0.05, 0) is 19.5 Å². The van der Waals surface area contributed by atoms with Crippen LogP contribution in [0.4, 0.5) is 0 Å². The highest BCUT2D eigenvalue weighted by Crippen LogP contribution is 2.25. The summed E-state index contributed by atoms with van der Waals surface area (Å²) in [5.74, 6) is 0. The minimum atomic E-state index is -3.55. The van der Waals surface area contributed by atoms with Gasteiger partial charge < -0.3 is 0 Å². The van der Waals surface area contributed by atoms with Crippen LogP contribution in [-0.2, 0) is 10.0 Å². The van der Waals surface area contributed by atoms with E-state index in [1.54, 1.807) is 0 Å². The summed E-state index contributed by atoms with van der Waals surface area (Å²) in [5, 5.41) is 0.223. The van der Waals surface area contributed by atoms with E-state index in [0.29, 0.717) is 13.1 Å². The van der Waals surface area contributed by atoms with Crippen LogP contribution in [0, 0.1) is 0 Å². The summed E-state index contributed by atoms with van der Waals surface area (Å²) in [6.07, 6.45) is 2.80. The predicted octanol–water partition coefficient (Wildman–Crippen LogP) is 1.45. The Morgan fingerprint density at radius 3 is 2.79 bits per heavy atom. The van der Waals surface area contributed by atoms with Gasteiger partial charge in [-0.2, -0.15) is 4.31 Å². The van der Waals surface area contributed by atoms with Crippen molar-refractivity contribution in [1.82, 2.24) is 14.2 Å². The van der Waals surface area contributed by atoms with Gasteiger partial charge in [0.15, 0.2) is 0 Å². The van der Waals surface area contributed by atoms with Crippen molar-refractivity contribution in [3.05, 3.63) is 23.5 Å². The van der Waals surface area contributed by atoms with Crippen LogP contribution in [0.2, 0.25) is 5.02 Å². The highest BCUT2D eigenvalue weighted by Gasteiger charge is 2.32. The Labute approximate surface area is 119 Å². The van der Waals surface area contributed by atoms with E-state index in [1.165, 1.54) is 22.8 Å². The maximum atomic E-state index is 12.5. The Balaban J connectivity index is 2.25. The molecule has 0 amide bonds. The fourth-order valence-electron chi connectivity index (χ4n) is 2.34. The molecule has 1 atom stereocenters. The molecule has 0 aliphatic carbocycles.